The van der Waals surface area contributed by atoms with Crippen molar-refractivity contribution in [1.82, 2.24) is 9.97 Å². The second-order valence-corrected chi connectivity index (χ2v) is 7.14. The lowest BCUT2D eigenvalue weighted by Gasteiger charge is -2.20. The lowest BCUT2D eigenvalue weighted by molar-refractivity contribution is 0.248. The van der Waals surface area contributed by atoms with Crippen LogP contribution < -0.4 is 10.6 Å². The van der Waals surface area contributed by atoms with Gasteiger partial charge in [0.25, 0.3) is 0 Å². The Balaban J connectivity index is 1.89. The van der Waals surface area contributed by atoms with Crippen molar-refractivity contribution in [2.24, 2.45) is 5.92 Å². The van der Waals surface area contributed by atoms with E-state index in [0.29, 0.717) is 23.0 Å². The summed E-state index contributed by atoms with van der Waals surface area (Å²) >= 11 is 0. The van der Waals surface area contributed by atoms with Crippen molar-refractivity contribution in [2.75, 3.05) is 17.2 Å². The monoisotopic (exact) mass is 398 g/mol. The predicted molar refractivity (Wildman–Crippen MR) is 110 cm³/mol. The van der Waals surface area contributed by atoms with E-state index in [1.54, 1.807) is 6.07 Å². The van der Waals surface area contributed by atoms with Crippen molar-refractivity contribution in [3.8, 4) is 11.3 Å². The quantitative estimate of drug-likeness (QED) is 0.523. The number of rotatable bonds is 8. The molecule has 1 aromatic heterocycles. The van der Waals surface area contributed by atoms with Crippen molar-refractivity contribution in [3.63, 3.8) is 0 Å². The number of aliphatic hydroxyl groups excluding tert-OH is 1. The average molecular weight is 398 g/mol. The van der Waals surface area contributed by atoms with Crippen molar-refractivity contribution >= 4 is 11.8 Å². The second kappa shape index (κ2) is 9.43. The Kier molecular flexibility index (Phi) is 6.72. The van der Waals surface area contributed by atoms with Gasteiger partial charge in [-0.25, -0.2) is 13.8 Å². The lowest BCUT2D eigenvalue weighted by atomic mass is 10.1. The van der Waals surface area contributed by atoms with Gasteiger partial charge in [-0.15, -0.1) is 0 Å². The van der Waals surface area contributed by atoms with Crippen molar-refractivity contribution < 1.29 is 13.9 Å². The van der Waals surface area contributed by atoms with Gasteiger partial charge in [-0.05, 0) is 23.6 Å². The van der Waals surface area contributed by atoms with E-state index < -0.39 is 11.6 Å². The molecule has 29 heavy (non-hydrogen) atoms. The molecule has 7 heteroatoms. The van der Waals surface area contributed by atoms with E-state index >= 15 is 0 Å². The zero-order valence-electron chi connectivity index (χ0n) is 16.4. The first kappa shape index (κ1) is 20.7. The summed E-state index contributed by atoms with van der Waals surface area (Å²) in [4.78, 5) is 9.02. The van der Waals surface area contributed by atoms with Crippen LogP contribution in [0.3, 0.4) is 0 Å². The van der Waals surface area contributed by atoms with Gasteiger partial charge in [0.15, 0.2) is 0 Å². The topological polar surface area (TPSA) is 70.1 Å². The fourth-order valence-corrected chi connectivity index (χ4v) is 2.85. The molecule has 0 radical (unpaired) electrons. The third-order valence-corrected chi connectivity index (χ3v) is 4.51. The van der Waals surface area contributed by atoms with Crippen molar-refractivity contribution in [2.45, 2.75) is 26.4 Å². The molecule has 0 unspecified atom stereocenters. The number of hydrogen-bond acceptors (Lipinski definition) is 5. The van der Waals surface area contributed by atoms with Gasteiger partial charge in [-0.1, -0.05) is 44.2 Å². The molecule has 0 spiro atoms. The molecular weight excluding hydrogens is 374 g/mol. The molecule has 2 aromatic carbocycles. The molecule has 3 rings (SSSR count). The fourth-order valence-electron chi connectivity index (χ4n) is 2.85. The number of nitrogens with zero attached hydrogens (tertiary/aromatic N) is 2. The molecular formula is C22H24F2N4O. The third kappa shape index (κ3) is 5.71. The molecule has 0 aliphatic carbocycles. The molecule has 0 fully saturated rings. The Labute approximate surface area is 168 Å². The Morgan fingerprint density at radius 2 is 1.66 bits per heavy atom. The summed E-state index contributed by atoms with van der Waals surface area (Å²) in [6.07, 6.45) is 0. The van der Waals surface area contributed by atoms with Gasteiger partial charge < -0.3 is 15.7 Å². The van der Waals surface area contributed by atoms with Gasteiger partial charge in [0.1, 0.15) is 17.5 Å². The van der Waals surface area contributed by atoms with Crippen LogP contribution in [0, 0.1) is 17.6 Å². The summed E-state index contributed by atoms with van der Waals surface area (Å²) in [6, 6.07) is 14.6. The van der Waals surface area contributed by atoms with E-state index in [4.69, 9.17) is 0 Å². The third-order valence-electron chi connectivity index (χ3n) is 4.51. The second-order valence-electron chi connectivity index (χ2n) is 7.14. The molecule has 0 aliphatic heterocycles. The van der Waals surface area contributed by atoms with Crippen LogP contribution in [0.25, 0.3) is 11.3 Å². The van der Waals surface area contributed by atoms with Crippen LogP contribution in [-0.2, 0) is 6.54 Å². The standard InChI is InChI=1S/C22H24F2N4O/c1-14(2)20(13-29)27-22-26-19(16-6-4-3-5-7-16)11-21(28-22)25-12-15-8-17(23)10-18(24)9-15/h3-11,14,20,29H,12-13H2,1-2H3,(H2,25,26,27,28)/t20-/m1/s1. The Morgan fingerprint density at radius 1 is 0.966 bits per heavy atom. The van der Waals surface area contributed by atoms with E-state index in [1.165, 1.54) is 12.1 Å². The van der Waals surface area contributed by atoms with Gasteiger partial charge >= 0.3 is 0 Å². The maximum atomic E-state index is 13.4. The summed E-state index contributed by atoms with van der Waals surface area (Å²) in [5.41, 5.74) is 2.06. The Hall–Kier alpha value is -3.06. The summed E-state index contributed by atoms with van der Waals surface area (Å²) in [6.45, 7) is 4.13. The van der Waals surface area contributed by atoms with Crippen molar-refractivity contribution in [3.05, 3.63) is 71.8 Å². The molecule has 5 nitrogen and oxygen atoms in total. The van der Waals surface area contributed by atoms with Crippen LogP contribution >= 0.6 is 0 Å². The molecule has 0 aliphatic rings. The summed E-state index contributed by atoms with van der Waals surface area (Å²) in [5, 5.41) is 15.9. The van der Waals surface area contributed by atoms with Crippen LogP contribution in [0.4, 0.5) is 20.5 Å². The number of aromatic nitrogens is 2. The number of nitrogens with one attached hydrogen (secondary N) is 2. The minimum Gasteiger partial charge on any atom is -0.394 e. The average Bonchev–Trinajstić information content (AvgIpc) is 2.70. The normalized spacial score (nSPS) is 12.1. The highest BCUT2D eigenvalue weighted by atomic mass is 19.1. The largest absolute Gasteiger partial charge is 0.394 e. The van der Waals surface area contributed by atoms with Gasteiger partial charge in [0, 0.05) is 24.2 Å². The molecule has 0 bridgehead atoms. The molecule has 1 atom stereocenters. The van der Waals surface area contributed by atoms with Gasteiger partial charge in [0.05, 0.1) is 18.3 Å². The summed E-state index contributed by atoms with van der Waals surface area (Å²) in [5.74, 6) is -0.201. The first-order valence-corrected chi connectivity index (χ1v) is 9.45. The molecule has 0 saturated carbocycles. The van der Waals surface area contributed by atoms with E-state index in [0.717, 1.165) is 11.6 Å². The minimum atomic E-state index is -0.625. The Morgan fingerprint density at radius 3 is 2.28 bits per heavy atom. The van der Waals surface area contributed by atoms with Crippen LogP contribution in [0.1, 0.15) is 19.4 Å². The highest BCUT2D eigenvalue weighted by Gasteiger charge is 2.15. The maximum Gasteiger partial charge on any atom is 0.225 e. The van der Waals surface area contributed by atoms with Gasteiger partial charge in [0.2, 0.25) is 5.95 Å². The minimum absolute atomic E-state index is 0.0536. The molecule has 0 amide bonds. The zero-order chi connectivity index (χ0) is 20.8. The molecule has 1 heterocycles. The van der Waals surface area contributed by atoms with E-state index in [-0.39, 0.29) is 25.1 Å². The van der Waals surface area contributed by atoms with Crippen LogP contribution in [-0.4, -0.2) is 27.7 Å². The number of benzene rings is 2. The van der Waals surface area contributed by atoms with E-state index in [2.05, 4.69) is 20.6 Å². The molecule has 3 N–H and O–H groups in total. The van der Waals surface area contributed by atoms with Crippen LogP contribution in [0.15, 0.2) is 54.6 Å². The fraction of sp³-hybridized carbons (Fsp3) is 0.273. The lowest BCUT2D eigenvalue weighted by Crippen LogP contribution is -2.30. The SMILES string of the molecule is CC(C)[C@@H](CO)Nc1nc(NCc2cc(F)cc(F)c2)cc(-c2ccccc2)n1. The summed E-state index contributed by atoms with van der Waals surface area (Å²) < 4.78 is 26.9. The molecule has 3 aromatic rings. The predicted octanol–water partition coefficient (Wildman–Crippen LogP) is 4.46. The number of aliphatic hydroxyl groups is 1. The molecule has 152 valence electrons. The van der Waals surface area contributed by atoms with Crippen molar-refractivity contribution in [1.29, 1.82) is 0 Å². The number of halogens is 2. The Bertz CT molecular complexity index is 931. The highest BCUT2D eigenvalue weighted by Crippen LogP contribution is 2.23. The number of anilines is 2. The first-order valence-electron chi connectivity index (χ1n) is 9.45. The van der Waals surface area contributed by atoms with Gasteiger partial charge in [-0.3, -0.25) is 0 Å². The zero-order valence-corrected chi connectivity index (χ0v) is 16.4. The van der Waals surface area contributed by atoms with E-state index in [9.17, 15) is 13.9 Å². The highest BCUT2D eigenvalue weighted by molar-refractivity contribution is 5.64. The first-order chi connectivity index (χ1) is 13.9. The van der Waals surface area contributed by atoms with E-state index in [1.807, 2.05) is 44.2 Å². The van der Waals surface area contributed by atoms with Crippen LogP contribution in [0.2, 0.25) is 0 Å². The van der Waals surface area contributed by atoms with Gasteiger partial charge in [-0.2, -0.15) is 4.98 Å². The summed E-state index contributed by atoms with van der Waals surface area (Å²) in [7, 11) is 0. The maximum absolute atomic E-state index is 13.4. The number of hydrogen-bond donors (Lipinski definition) is 3. The van der Waals surface area contributed by atoms with Crippen LogP contribution in [0.5, 0.6) is 0 Å². The molecule has 0 saturated heterocycles. The smallest absolute Gasteiger partial charge is 0.225 e.